The lowest BCUT2D eigenvalue weighted by molar-refractivity contribution is -0.165. The van der Waals surface area contributed by atoms with Gasteiger partial charge in [-0.3, -0.25) is 4.79 Å². The molecule has 0 amide bonds. The molecule has 5 N–H and O–H groups in total. The van der Waals surface area contributed by atoms with Crippen LogP contribution in [0.3, 0.4) is 0 Å². The van der Waals surface area contributed by atoms with Gasteiger partial charge in [0, 0.05) is 35.2 Å². The zero-order valence-electron chi connectivity index (χ0n) is 21.7. The van der Waals surface area contributed by atoms with Crippen LogP contribution in [0.2, 0.25) is 0 Å². The Kier molecular flexibility index (Phi) is 5.63. The molecule has 5 aliphatic rings. The van der Waals surface area contributed by atoms with Gasteiger partial charge in [0.1, 0.15) is 11.7 Å². The summed E-state index contributed by atoms with van der Waals surface area (Å²) in [5, 5.41) is 56.8. The fourth-order valence-corrected chi connectivity index (χ4v) is 8.45. The number of aliphatic hydroxyl groups is 5. The fourth-order valence-electron chi connectivity index (χ4n) is 8.45. The molecule has 0 radical (unpaired) electrons. The van der Waals surface area contributed by atoms with Gasteiger partial charge in [-0.15, -0.1) is 0 Å². The third-order valence-electron chi connectivity index (χ3n) is 11.2. The smallest absolute Gasteiger partial charge is 0.189 e. The van der Waals surface area contributed by atoms with Crippen molar-refractivity contribution in [3.63, 3.8) is 0 Å². The van der Waals surface area contributed by atoms with Gasteiger partial charge in [0.05, 0.1) is 30.0 Å². The number of aliphatic hydroxyl groups excluding tert-OH is 3. The second kappa shape index (κ2) is 7.71. The predicted octanol–water partition coefficient (Wildman–Crippen LogP) is 1.89. The number of ether oxygens (including phenoxy) is 1. The molecule has 0 unspecified atom stereocenters. The van der Waals surface area contributed by atoms with E-state index in [4.69, 9.17) is 4.74 Å². The van der Waals surface area contributed by atoms with Crippen molar-refractivity contribution in [2.24, 2.45) is 34.5 Å². The lowest BCUT2D eigenvalue weighted by Gasteiger charge is -2.58. The van der Waals surface area contributed by atoms with Crippen LogP contribution >= 0.6 is 0 Å². The maximum absolute atomic E-state index is 13.9. The minimum atomic E-state index is -1.52. The van der Waals surface area contributed by atoms with Crippen molar-refractivity contribution in [3.8, 4) is 0 Å². The van der Waals surface area contributed by atoms with Gasteiger partial charge in [0.2, 0.25) is 0 Å². The van der Waals surface area contributed by atoms with Crippen molar-refractivity contribution < 1.29 is 35.1 Å². The van der Waals surface area contributed by atoms with Gasteiger partial charge in [-0.1, -0.05) is 53.7 Å². The third-order valence-corrected chi connectivity index (χ3v) is 11.2. The molecule has 0 spiro atoms. The lowest BCUT2D eigenvalue weighted by Crippen LogP contribution is -2.65. The molecule has 2 saturated carbocycles. The zero-order chi connectivity index (χ0) is 25.9. The number of carbonyl (C=O) groups excluding carboxylic acids is 1. The number of fused-ring (bicyclic) bond motifs is 6. The average Bonchev–Trinajstić information content (AvgIpc) is 3.23. The van der Waals surface area contributed by atoms with E-state index in [0.29, 0.717) is 24.0 Å². The Morgan fingerprint density at radius 1 is 1.11 bits per heavy atom. The number of carbonyl (C=O) groups is 1. The van der Waals surface area contributed by atoms with Crippen LogP contribution in [0, 0.1) is 34.5 Å². The third kappa shape index (κ3) is 2.97. The molecular formula is C28H42O7. The summed E-state index contributed by atoms with van der Waals surface area (Å²) < 4.78 is 6.42. The first-order valence-corrected chi connectivity index (χ1v) is 13.3. The van der Waals surface area contributed by atoms with Crippen LogP contribution in [0.1, 0.15) is 67.2 Å². The number of hydrogen-bond donors (Lipinski definition) is 5. The first-order chi connectivity index (χ1) is 16.1. The monoisotopic (exact) mass is 490 g/mol. The SMILES string of the molecule is CC(C)[C@@H](C)[C@@H](O)[C@@H]1O[C@H]2C[C@]3(O)C4=C(C(=O)[C@H](O)[C@]3(C)[C@H]2[C@@H]1C)[C@@]1(C)CC[C@H](O)C[C@@]1(O)C=C4. The molecule has 4 aliphatic carbocycles. The molecular weight excluding hydrogens is 448 g/mol. The van der Waals surface area contributed by atoms with Crippen molar-refractivity contribution >= 4 is 5.78 Å². The van der Waals surface area contributed by atoms with Gasteiger partial charge in [0.15, 0.2) is 5.78 Å². The summed E-state index contributed by atoms with van der Waals surface area (Å²) in [4.78, 5) is 13.9. The molecule has 0 bridgehead atoms. The Labute approximate surface area is 207 Å². The summed E-state index contributed by atoms with van der Waals surface area (Å²) in [7, 11) is 0. The number of Topliss-reactive ketones (excluding diaryl/α,β-unsaturated/α-hetero) is 1. The van der Waals surface area contributed by atoms with Gasteiger partial charge in [0.25, 0.3) is 0 Å². The van der Waals surface area contributed by atoms with Gasteiger partial charge >= 0.3 is 0 Å². The largest absolute Gasteiger partial charge is 0.393 e. The standard InChI is InChI=1S/C28H42O7/c1-13(2)14(3)21(30)23-15(4)19-18(35-23)12-28(34)17-8-10-27(33)11-16(29)7-9-25(27,5)20(17)22(31)24(32)26(19,28)6/h8,10,13-16,18-19,21,23-24,29-30,32-34H,7,9,11-12H2,1-6H3/t14-,15+,16+,18+,19+,21-,23-,24+,25-,26+,27+,28+/m1/s1. The molecule has 1 saturated heterocycles. The second-order valence-corrected chi connectivity index (χ2v) is 13.0. The molecule has 196 valence electrons. The maximum atomic E-state index is 13.9. The summed E-state index contributed by atoms with van der Waals surface area (Å²) in [6.45, 7) is 11.7. The molecule has 7 heteroatoms. The normalized spacial score (nSPS) is 52.7. The van der Waals surface area contributed by atoms with Crippen LogP contribution in [0.25, 0.3) is 0 Å². The van der Waals surface area contributed by atoms with Crippen LogP contribution in [0.4, 0.5) is 0 Å². The summed E-state index contributed by atoms with van der Waals surface area (Å²) >= 11 is 0. The Bertz CT molecular complexity index is 988. The zero-order valence-corrected chi connectivity index (χ0v) is 21.7. The van der Waals surface area contributed by atoms with Crippen LogP contribution in [0.15, 0.2) is 23.3 Å². The first kappa shape index (κ1) is 25.6. The van der Waals surface area contributed by atoms with E-state index < -0.39 is 58.3 Å². The van der Waals surface area contributed by atoms with Gasteiger partial charge < -0.3 is 30.3 Å². The van der Waals surface area contributed by atoms with Crippen LogP contribution in [0.5, 0.6) is 0 Å². The molecule has 1 heterocycles. The van der Waals surface area contributed by atoms with Crippen LogP contribution < -0.4 is 0 Å². The Morgan fingerprint density at radius 3 is 2.40 bits per heavy atom. The molecule has 0 aromatic rings. The fraction of sp³-hybridized carbons (Fsp3) is 0.821. The van der Waals surface area contributed by atoms with Gasteiger partial charge in [-0.25, -0.2) is 0 Å². The quantitative estimate of drug-likeness (QED) is 0.409. The Hall–Kier alpha value is -1.09. The Balaban J connectivity index is 1.58. The highest BCUT2D eigenvalue weighted by Crippen LogP contribution is 2.68. The van der Waals surface area contributed by atoms with E-state index in [-0.39, 0.29) is 36.5 Å². The van der Waals surface area contributed by atoms with Crippen molar-refractivity contribution in [2.45, 2.75) is 109 Å². The molecule has 35 heavy (non-hydrogen) atoms. The van der Waals surface area contributed by atoms with E-state index in [9.17, 15) is 30.3 Å². The first-order valence-electron chi connectivity index (χ1n) is 13.3. The molecule has 3 fully saturated rings. The molecule has 1 aliphatic heterocycles. The van der Waals surface area contributed by atoms with Crippen molar-refractivity contribution in [2.75, 3.05) is 0 Å². The average molecular weight is 491 g/mol. The Morgan fingerprint density at radius 2 is 1.77 bits per heavy atom. The van der Waals surface area contributed by atoms with Gasteiger partial charge in [-0.05, 0) is 36.2 Å². The summed E-state index contributed by atoms with van der Waals surface area (Å²) in [5.74, 6) is -0.675. The topological polar surface area (TPSA) is 127 Å². The lowest BCUT2D eigenvalue weighted by atomic mass is 9.48. The van der Waals surface area contributed by atoms with Crippen molar-refractivity contribution in [1.29, 1.82) is 0 Å². The van der Waals surface area contributed by atoms with Crippen LogP contribution in [-0.4, -0.2) is 73.0 Å². The molecule has 0 aromatic carbocycles. The van der Waals surface area contributed by atoms with E-state index in [2.05, 4.69) is 13.8 Å². The molecule has 0 aromatic heterocycles. The minimum Gasteiger partial charge on any atom is -0.393 e. The van der Waals surface area contributed by atoms with E-state index in [0.717, 1.165) is 0 Å². The predicted molar refractivity (Wildman–Crippen MR) is 129 cm³/mol. The van der Waals surface area contributed by atoms with E-state index >= 15 is 0 Å². The van der Waals surface area contributed by atoms with E-state index in [1.54, 1.807) is 19.1 Å². The van der Waals surface area contributed by atoms with Crippen LogP contribution in [-0.2, 0) is 9.53 Å². The summed E-state index contributed by atoms with van der Waals surface area (Å²) in [6.07, 6.45) is 0.727. The highest BCUT2D eigenvalue weighted by Gasteiger charge is 2.75. The van der Waals surface area contributed by atoms with Gasteiger partial charge in [-0.2, -0.15) is 0 Å². The molecule has 5 rings (SSSR count). The number of hydrogen-bond acceptors (Lipinski definition) is 7. The minimum absolute atomic E-state index is 0.0146. The van der Waals surface area contributed by atoms with E-state index in [1.165, 1.54) is 0 Å². The van der Waals surface area contributed by atoms with Crippen molar-refractivity contribution in [1.82, 2.24) is 0 Å². The second-order valence-electron chi connectivity index (χ2n) is 13.0. The molecule has 12 atom stereocenters. The number of ketones is 1. The number of rotatable bonds is 3. The highest BCUT2D eigenvalue weighted by molar-refractivity contribution is 6.04. The van der Waals surface area contributed by atoms with Crippen molar-refractivity contribution in [3.05, 3.63) is 23.3 Å². The highest BCUT2D eigenvalue weighted by atomic mass is 16.5. The summed E-state index contributed by atoms with van der Waals surface area (Å²) in [6, 6.07) is 0. The van der Waals surface area contributed by atoms with E-state index in [1.807, 2.05) is 20.8 Å². The summed E-state index contributed by atoms with van der Waals surface area (Å²) in [5.41, 5.74) is -4.40. The molecule has 7 nitrogen and oxygen atoms in total. The maximum Gasteiger partial charge on any atom is 0.189 e.